The SMILES string of the molecule is CC(C)n1cnnc1-c1cccc(Nc2cccc3oc(C(=O)O)cc(=O)c23)n1. The summed E-state index contributed by atoms with van der Waals surface area (Å²) in [5, 5.41) is 20.5. The van der Waals surface area contributed by atoms with Crippen LogP contribution in [0.3, 0.4) is 0 Å². The van der Waals surface area contributed by atoms with Crippen LogP contribution in [0.5, 0.6) is 0 Å². The fourth-order valence-corrected chi connectivity index (χ4v) is 2.99. The second kappa shape index (κ2) is 7.19. The highest BCUT2D eigenvalue weighted by Gasteiger charge is 2.15. The second-order valence-corrected chi connectivity index (χ2v) is 6.65. The van der Waals surface area contributed by atoms with Gasteiger partial charge in [0.1, 0.15) is 23.4 Å². The maximum atomic E-state index is 12.5. The van der Waals surface area contributed by atoms with Crippen LogP contribution in [0, 0.1) is 0 Å². The lowest BCUT2D eigenvalue weighted by Gasteiger charge is -2.12. The number of pyridine rings is 1. The first-order valence-corrected chi connectivity index (χ1v) is 8.88. The van der Waals surface area contributed by atoms with Gasteiger partial charge in [-0.05, 0) is 38.1 Å². The Balaban J connectivity index is 1.75. The first-order chi connectivity index (χ1) is 13.9. The van der Waals surface area contributed by atoms with E-state index in [1.54, 1.807) is 30.6 Å². The number of carboxylic acid groups (broad SMARTS) is 1. The van der Waals surface area contributed by atoms with Gasteiger partial charge >= 0.3 is 5.97 Å². The third kappa shape index (κ3) is 3.45. The van der Waals surface area contributed by atoms with Gasteiger partial charge in [-0.1, -0.05) is 12.1 Å². The van der Waals surface area contributed by atoms with E-state index in [1.165, 1.54) is 0 Å². The molecule has 2 N–H and O–H groups in total. The van der Waals surface area contributed by atoms with Crippen molar-refractivity contribution in [3.05, 3.63) is 64.8 Å². The minimum Gasteiger partial charge on any atom is -0.475 e. The summed E-state index contributed by atoms with van der Waals surface area (Å²) in [4.78, 5) is 28.2. The minimum atomic E-state index is -1.30. The first kappa shape index (κ1) is 18.4. The Bertz CT molecular complexity index is 1280. The van der Waals surface area contributed by atoms with Crippen molar-refractivity contribution in [3.63, 3.8) is 0 Å². The van der Waals surface area contributed by atoms with Crippen LogP contribution in [-0.4, -0.2) is 30.8 Å². The third-order valence-electron chi connectivity index (χ3n) is 4.34. The van der Waals surface area contributed by atoms with Gasteiger partial charge in [-0.2, -0.15) is 0 Å². The molecule has 3 aromatic heterocycles. The molecule has 0 aliphatic heterocycles. The summed E-state index contributed by atoms with van der Waals surface area (Å²) < 4.78 is 7.23. The Morgan fingerprint density at radius 3 is 2.76 bits per heavy atom. The zero-order chi connectivity index (χ0) is 20.5. The Labute approximate surface area is 164 Å². The molecule has 29 heavy (non-hydrogen) atoms. The van der Waals surface area contributed by atoms with E-state index in [-0.39, 0.29) is 17.0 Å². The Kier molecular flexibility index (Phi) is 4.55. The number of rotatable bonds is 5. The molecule has 0 aliphatic rings. The van der Waals surface area contributed by atoms with Crippen LogP contribution in [0.2, 0.25) is 0 Å². The van der Waals surface area contributed by atoms with Gasteiger partial charge in [0.25, 0.3) is 0 Å². The van der Waals surface area contributed by atoms with Crippen LogP contribution in [0.4, 0.5) is 11.5 Å². The van der Waals surface area contributed by atoms with Gasteiger partial charge in [-0.3, -0.25) is 4.79 Å². The molecule has 0 saturated heterocycles. The van der Waals surface area contributed by atoms with Crippen molar-refractivity contribution in [3.8, 4) is 11.5 Å². The average molecular weight is 391 g/mol. The molecule has 4 aromatic rings. The zero-order valence-electron chi connectivity index (χ0n) is 15.7. The standard InChI is InChI=1S/C20H17N5O4/c1-11(2)25-10-21-24-19(25)13-6-4-8-17(23-13)22-12-5-3-7-15-18(12)14(26)9-16(29-15)20(27)28/h3-11H,1-2H3,(H,22,23)(H,27,28). The number of anilines is 2. The van der Waals surface area contributed by atoms with Gasteiger partial charge in [0, 0.05) is 12.1 Å². The van der Waals surface area contributed by atoms with Crippen molar-refractivity contribution in [1.29, 1.82) is 0 Å². The molecule has 0 atom stereocenters. The molecule has 0 aliphatic carbocycles. The summed E-state index contributed by atoms with van der Waals surface area (Å²) in [5.41, 5.74) is 0.808. The van der Waals surface area contributed by atoms with E-state index in [0.717, 1.165) is 6.07 Å². The quantitative estimate of drug-likeness (QED) is 0.530. The zero-order valence-corrected chi connectivity index (χ0v) is 15.7. The molecule has 0 fully saturated rings. The van der Waals surface area contributed by atoms with E-state index in [1.807, 2.05) is 30.5 Å². The largest absolute Gasteiger partial charge is 0.475 e. The van der Waals surface area contributed by atoms with Crippen molar-refractivity contribution >= 4 is 28.4 Å². The summed E-state index contributed by atoms with van der Waals surface area (Å²) in [6.07, 6.45) is 1.65. The van der Waals surface area contributed by atoms with Crippen LogP contribution in [0.25, 0.3) is 22.5 Å². The number of carboxylic acids is 1. The van der Waals surface area contributed by atoms with Crippen molar-refractivity contribution < 1.29 is 14.3 Å². The number of benzene rings is 1. The molecule has 9 heteroatoms. The van der Waals surface area contributed by atoms with Gasteiger partial charge in [0.15, 0.2) is 11.3 Å². The van der Waals surface area contributed by atoms with Crippen LogP contribution >= 0.6 is 0 Å². The van der Waals surface area contributed by atoms with E-state index in [0.29, 0.717) is 23.0 Å². The second-order valence-electron chi connectivity index (χ2n) is 6.65. The smallest absolute Gasteiger partial charge is 0.371 e. The van der Waals surface area contributed by atoms with Crippen molar-refractivity contribution in [2.45, 2.75) is 19.9 Å². The van der Waals surface area contributed by atoms with Crippen LogP contribution in [0.1, 0.15) is 30.4 Å². The molecule has 0 radical (unpaired) electrons. The average Bonchev–Trinajstić information content (AvgIpc) is 3.18. The van der Waals surface area contributed by atoms with E-state index >= 15 is 0 Å². The van der Waals surface area contributed by atoms with Crippen molar-refractivity contribution in [2.24, 2.45) is 0 Å². The highest BCUT2D eigenvalue weighted by atomic mass is 16.4. The van der Waals surface area contributed by atoms with E-state index < -0.39 is 17.2 Å². The number of nitrogens with one attached hydrogen (secondary N) is 1. The number of hydrogen-bond acceptors (Lipinski definition) is 7. The lowest BCUT2D eigenvalue weighted by molar-refractivity contribution is 0.0663. The number of fused-ring (bicyclic) bond motifs is 1. The number of nitrogens with zero attached hydrogens (tertiary/aromatic N) is 4. The molecule has 3 heterocycles. The number of carbonyl (C=O) groups is 1. The molecular weight excluding hydrogens is 374 g/mol. The highest BCUT2D eigenvalue weighted by Crippen LogP contribution is 2.26. The molecule has 0 spiro atoms. The van der Waals surface area contributed by atoms with Gasteiger partial charge in [0.05, 0.1) is 11.1 Å². The lowest BCUT2D eigenvalue weighted by atomic mass is 10.1. The summed E-state index contributed by atoms with van der Waals surface area (Å²) in [6, 6.07) is 11.4. The lowest BCUT2D eigenvalue weighted by Crippen LogP contribution is -2.08. The van der Waals surface area contributed by atoms with Crippen LogP contribution in [-0.2, 0) is 0 Å². The molecule has 0 unspecified atom stereocenters. The van der Waals surface area contributed by atoms with Crippen molar-refractivity contribution in [2.75, 3.05) is 5.32 Å². The monoisotopic (exact) mass is 391 g/mol. The Morgan fingerprint density at radius 2 is 2.00 bits per heavy atom. The van der Waals surface area contributed by atoms with Gasteiger partial charge in [-0.25, -0.2) is 9.78 Å². The predicted molar refractivity (Wildman–Crippen MR) is 106 cm³/mol. The van der Waals surface area contributed by atoms with Crippen LogP contribution < -0.4 is 10.7 Å². The van der Waals surface area contributed by atoms with Gasteiger partial charge < -0.3 is 19.4 Å². The molecule has 0 bridgehead atoms. The first-order valence-electron chi connectivity index (χ1n) is 8.88. The fourth-order valence-electron chi connectivity index (χ4n) is 2.99. The fraction of sp³-hybridized carbons (Fsp3) is 0.150. The molecule has 4 rings (SSSR count). The molecule has 146 valence electrons. The van der Waals surface area contributed by atoms with E-state index in [9.17, 15) is 9.59 Å². The number of aromatic carboxylic acids is 1. The summed E-state index contributed by atoms with van der Waals surface area (Å²) in [6.45, 7) is 4.05. The Hall–Kier alpha value is -4.01. The number of hydrogen-bond donors (Lipinski definition) is 2. The molecule has 9 nitrogen and oxygen atoms in total. The normalized spacial score (nSPS) is 11.1. The molecule has 1 aromatic carbocycles. The molecule has 0 amide bonds. The summed E-state index contributed by atoms with van der Waals surface area (Å²) in [7, 11) is 0. The van der Waals surface area contributed by atoms with E-state index in [4.69, 9.17) is 9.52 Å². The summed E-state index contributed by atoms with van der Waals surface area (Å²) >= 11 is 0. The maximum Gasteiger partial charge on any atom is 0.371 e. The topological polar surface area (TPSA) is 123 Å². The van der Waals surface area contributed by atoms with Gasteiger partial charge in [0.2, 0.25) is 5.76 Å². The van der Waals surface area contributed by atoms with E-state index in [2.05, 4.69) is 20.5 Å². The van der Waals surface area contributed by atoms with Crippen LogP contribution in [0.15, 0.2) is 58.0 Å². The molecular formula is C20H17N5O4. The summed E-state index contributed by atoms with van der Waals surface area (Å²) in [5.74, 6) is -0.582. The Morgan fingerprint density at radius 1 is 1.21 bits per heavy atom. The minimum absolute atomic E-state index is 0.171. The maximum absolute atomic E-state index is 12.5. The van der Waals surface area contributed by atoms with Crippen molar-refractivity contribution in [1.82, 2.24) is 19.7 Å². The predicted octanol–water partition coefficient (Wildman–Crippen LogP) is 3.47. The van der Waals surface area contributed by atoms with Gasteiger partial charge in [-0.15, -0.1) is 10.2 Å². The molecule has 0 saturated carbocycles. The highest BCUT2D eigenvalue weighted by molar-refractivity contribution is 5.94. The number of aromatic nitrogens is 4. The third-order valence-corrected chi connectivity index (χ3v) is 4.34.